The van der Waals surface area contributed by atoms with Gasteiger partial charge in [-0.3, -0.25) is 4.90 Å². The summed E-state index contributed by atoms with van der Waals surface area (Å²) in [6.45, 7) is 7.70. The first kappa shape index (κ1) is 12.9. The Morgan fingerprint density at radius 3 is 3.05 bits per heavy atom. The van der Waals surface area contributed by atoms with Crippen molar-refractivity contribution < 1.29 is 4.74 Å². The SMILES string of the molecule is CCN(CC1COc2ccccc21)C1CCCNC1. The van der Waals surface area contributed by atoms with E-state index in [0.717, 1.165) is 32.0 Å². The molecule has 3 rings (SSSR count). The van der Waals surface area contributed by atoms with E-state index in [9.17, 15) is 0 Å². The average molecular weight is 260 g/mol. The smallest absolute Gasteiger partial charge is 0.122 e. The molecule has 1 N–H and O–H groups in total. The molecule has 1 aromatic carbocycles. The Morgan fingerprint density at radius 2 is 2.26 bits per heavy atom. The van der Waals surface area contributed by atoms with Crippen LogP contribution < -0.4 is 10.1 Å². The maximum absolute atomic E-state index is 5.80. The summed E-state index contributed by atoms with van der Waals surface area (Å²) >= 11 is 0. The molecule has 2 atom stereocenters. The van der Waals surface area contributed by atoms with Crippen LogP contribution in [-0.4, -0.2) is 43.7 Å². The quantitative estimate of drug-likeness (QED) is 0.898. The minimum atomic E-state index is 0.540. The lowest BCUT2D eigenvalue weighted by atomic mass is 9.98. The molecule has 3 nitrogen and oxygen atoms in total. The van der Waals surface area contributed by atoms with Crippen LogP contribution in [0.1, 0.15) is 31.2 Å². The lowest BCUT2D eigenvalue weighted by Crippen LogP contribution is -2.47. The van der Waals surface area contributed by atoms with E-state index in [2.05, 4.69) is 41.4 Å². The third kappa shape index (κ3) is 2.77. The summed E-state index contributed by atoms with van der Waals surface area (Å²) in [6.07, 6.45) is 2.63. The van der Waals surface area contributed by atoms with Crippen LogP contribution in [0.25, 0.3) is 0 Å². The van der Waals surface area contributed by atoms with Gasteiger partial charge in [0.15, 0.2) is 0 Å². The van der Waals surface area contributed by atoms with Gasteiger partial charge in [-0.25, -0.2) is 0 Å². The van der Waals surface area contributed by atoms with Crippen LogP contribution in [0.4, 0.5) is 0 Å². The Balaban J connectivity index is 1.67. The molecular weight excluding hydrogens is 236 g/mol. The number of fused-ring (bicyclic) bond motifs is 1. The molecule has 0 bridgehead atoms. The van der Waals surface area contributed by atoms with Crippen LogP contribution in [0.3, 0.4) is 0 Å². The van der Waals surface area contributed by atoms with Gasteiger partial charge in [-0.05, 0) is 32.0 Å². The fraction of sp³-hybridized carbons (Fsp3) is 0.625. The number of hydrogen-bond acceptors (Lipinski definition) is 3. The van der Waals surface area contributed by atoms with Crippen LogP contribution in [0.2, 0.25) is 0 Å². The van der Waals surface area contributed by atoms with E-state index in [1.165, 1.54) is 24.9 Å². The summed E-state index contributed by atoms with van der Waals surface area (Å²) < 4.78 is 5.80. The predicted molar refractivity (Wildman–Crippen MR) is 77.8 cm³/mol. The molecule has 2 heterocycles. The molecule has 0 amide bonds. The molecule has 0 spiro atoms. The summed E-state index contributed by atoms with van der Waals surface area (Å²) in [5.41, 5.74) is 1.39. The van der Waals surface area contributed by atoms with Gasteiger partial charge in [-0.1, -0.05) is 25.1 Å². The maximum Gasteiger partial charge on any atom is 0.122 e. The molecule has 3 heteroatoms. The van der Waals surface area contributed by atoms with Gasteiger partial charge in [-0.2, -0.15) is 0 Å². The van der Waals surface area contributed by atoms with Gasteiger partial charge >= 0.3 is 0 Å². The summed E-state index contributed by atoms with van der Waals surface area (Å²) in [6, 6.07) is 9.20. The zero-order valence-electron chi connectivity index (χ0n) is 11.8. The molecule has 1 aromatic rings. The van der Waals surface area contributed by atoms with Crippen LogP contribution in [0.5, 0.6) is 5.75 Å². The standard InChI is InChI=1S/C16H24N2O/c1-2-18(14-6-5-9-17-10-14)11-13-12-19-16-8-4-3-7-15(13)16/h3-4,7-8,13-14,17H,2,5-6,9-12H2,1H3. The van der Waals surface area contributed by atoms with E-state index in [0.29, 0.717) is 12.0 Å². The molecule has 2 unspecified atom stereocenters. The first-order valence-corrected chi connectivity index (χ1v) is 7.55. The Hall–Kier alpha value is -1.06. The van der Waals surface area contributed by atoms with Crippen LogP contribution >= 0.6 is 0 Å². The molecule has 1 saturated heterocycles. The van der Waals surface area contributed by atoms with Crippen molar-refractivity contribution in [3.05, 3.63) is 29.8 Å². The van der Waals surface area contributed by atoms with Crippen molar-refractivity contribution in [2.75, 3.05) is 32.8 Å². The fourth-order valence-electron chi connectivity index (χ4n) is 3.34. The second kappa shape index (κ2) is 5.93. The Morgan fingerprint density at radius 1 is 1.37 bits per heavy atom. The second-order valence-corrected chi connectivity index (χ2v) is 5.63. The lowest BCUT2D eigenvalue weighted by Gasteiger charge is -2.35. The number of nitrogens with zero attached hydrogens (tertiary/aromatic N) is 1. The predicted octanol–water partition coefficient (Wildman–Crippen LogP) is 2.24. The second-order valence-electron chi connectivity index (χ2n) is 5.63. The van der Waals surface area contributed by atoms with Crippen molar-refractivity contribution in [3.63, 3.8) is 0 Å². The Kier molecular flexibility index (Phi) is 4.04. The third-order valence-corrected chi connectivity index (χ3v) is 4.45. The van der Waals surface area contributed by atoms with Crippen LogP contribution in [-0.2, 0) is 0 Å². The lowest BCUT2D eigenvalue weighted by molar-refractivity contribution is 0.156. The van der Waals surface area contributed by atoms with E-state index in [1.807, 2.05) is 0 Å². The molecule has 2 aliphatic heterocycles. The molecule has 0 aliphatic carbocycles. The minimum Gasteiger partial charge on any atom is -0.493 e. The molecule has 0 radical (unpaired) electrons. The third-order valence-electron chi connectivity index (χ3n) is 4.45. The van der Waals surface area contributed by atoms with E-state index < -0.39 is 0 Å². The fourth-order valence-corrected chi connectivity index (χ4v) is 3.34. The number of piperidine rings is 1. The highest BCUT2D eigenvalue weighted by Gasteiger charge is 2.28. The van der Waals surface area contributed by atoms with Crippen molar-refractivity contribution in [1.29, 1.82) is 0 Å². The van der Waals surface area contributed by atoms with Crippen molar-refractivity contribution in [2.24, 2.45) is 0 Å². The number of nitrogens with one attached hydrogen (secondary N) is 1. The number of rotatable bonds is 4. The zero-order chi connectivity index (χ0) is 13.1. The maximum atomic E-state index is 5.80. The highest BCUT2D eigenvalue weighted by atomic mass is 16.5. The highest BCUT2D eigenvalue weighted by molar-refractivity contribution is 5.39. The van der Waals surface area contributed by atoms with Crippen molar-refractivity contribution in [1.82, 2.24) is 10.2 Å². The van der Waals surface area contributed by atoms with Gasteiger partial charge < -0.3 is 10.1 Å². The average Bonchev–Trinajstić information content (AvgIpc) is 2.89. The molecule has 104 valence electrons. The molecule has 1 fully saturated rings. The highest BCUT2D eigenvalue weighted by Crippen LogP contribution is 2.34. The van der Waals surface area contributed by atoms with Gasteiger partial charge in [0.2, 0.25) is 0 Å². The van der Waals surface area contributed by atoms with Gasteiger partial charge in [-0.15, -0.1) is 0 Å². The monoisotopic (exact) mass is 260 g/mol. The van der Waals surface area contributed by atoms with Crippen LogP contribution in [0.15, 0.2) is 24.3 Å². The van der Waals surface area contributed by atoms with Crippen molar-refractivity contribution >= 4 is 0 Å². The summed E-state index contributed by atoms with van der Waals surface area (Å²) in [5.74, 6) is 1.63. The molecule has 0 saturated carbocycles. The first-order chi connectivity index (χ1) is 9.38. The zero-order valence-corrected chi connectivity index (χ0v) is 11.8. The number of hydrogen-bond donors (Lipinski definition) is 1. The number of ether oxygens (including phenoxy) is 1. The van der Waals surface area contributed by atoms with E-state index in [4.69, 9.17) is 4.74 Å². The van der Waals surface area contributed by atoms with Gasteiger partial charge in [0.1, 0.15) is 5.75 Å². The minimum absolute atomic E-state index is 0.540. The summed E-state index contributed by atoms with van der Waals surface area (Å²) in [5, 5.41) is 3.52. The van der Waals surface area contributed by atoms with Crippen LogP contribution in [0, 0.1) is 0 Å². The Bertz CT molecular complexity index is 415. The van der Waals surface area contributed by atoms with E-state index in [1.54, 1.807) is 0 Å². The molecule has 2 aliphatic rings. The summed E-state index contributed by atoms with van der Waals surface area (Å²) in [7, 11) is 0. The van der Waals surface area contributed by atoms with Crippen molar-refractivity contribution in [3.8, 4) is 5.75 Å². The van der Waals surface area contributed by atoms with E-state index in [-0.39, 0.29) is 0 Å². The van der Waals surface area contributed by atoms with Gasteiger partial charge in [0.25, 0.3) is 0 Å². The van der Waals surface area contributed by atoms with Gasteiger partial charge in [0.05, 0.1) is 6.61 Å². The van der Waals surface area contributed by atoms with Crippen molar-refractivity contribution in [2.45, 2.75) is 31.7 Å². The van der Waals surface area contributed by atoms with E-state index >= 15 is 0 Å². The number of likely N-dealkylation sites (N-methyl/N-ethyl adjacent to an activating group) is 1. The summed E-state index contributed by atoms with van der Waals surface area (Å²) in [4.78, 5) is 2.63. The molecule has 19 heavy (non-hydrogen) atoms. The topological polar surface area (TPSA) is 24.5 Å². The molecular formula is C16H24N2O. The number of benzene rings is 1. The van der Waals surface area contributed by atoms with Gasteiger partial charge in [0, 0.05) is 30.6 Å². The number of para-hydroxylation sites is 1. The normalized spacial score (nSPS) is 26.2. The Labute approximate surface area is 115 Å². The molecule has 0 aromatic heterocycles. The largest absolute Gasteiger partial charge is 0.493 e. The first-order valence-electron chi connectivity index (χ1n) is 7.55.